The highest BCUT2D eigenvalue weighted by Crippen LogP contribution is 2.49. The smallest absolute Gasteiger partial charge is 0.407 e. The molecule has 2 spiro atoms. The lowest BCUT2D eigenvalue weighted by atomic mass is 10.0. The summed E-state index contributed by atoms with van der Waals surface area (Å²) in [6, 6.07) is 15.6. The van der Waals surface area contributed by atoms with Crippen molar-refractivity contribution < 1.29 is 61.5 Å². The summed E-state index contributed by atoms with van der Waals surface area (Å²) in [6.07, 6.45) is 3.15. The fraction of sp³-hybridized carbons (Fsp3) is 0.464. The normalized spacial score (nSPS) is 21.1. The number of alkyl carbamates (subject to hydrolysis) is 2. The van der Waals surface area contributed by atoms with E-state index in [1.807, 2.05) is 80.8 Å². The van der Waals surface area contributed by atoms with Crippen molar-refractivity contribution in [3.63, 3.8) is 0 Å². The lowest BCUT2D eigenvalue weighted by molar-refractivity contribution is -0.258. The van der Waals surface area contributed by atoms with E-state index in [-0.39, 0.29) is 54.5 Å². The average molecular weight is 1070 g/mol. The number of aromatic nitrogens is 5. The van der Waals surface area contributed by atoms with Crippen LogP contribution in [0.15, 0.2) is 73.1 Å². The molecule has 4 saturated heterocycles. The van der Waals surface area contributed by atoms with Crippen LogP contribution in [0.4, 0.5) is 14.0 Å². The third-order valence-electron chi connectivity index (χ3n) is 15.4. The van der Waals surface area contributed by atoms with Crippen LogP contribution < -0.4 is 20.1 Å². The second kappa shape index (κ2) is 21.0. The molecule has 8 heterocycles. The maximum absolute atomic E-state index is 17.2. The fourth-order valence-electron chi connectivity index (χ4n) is 11.5. The summed E-state index contributed by atoms with van der Waals surface area (Å²) in [7, 11) is 4.09. The Hall–Kier alpha value is -7.53. The van der Waals surface area contributed by atoms with Crippen LogP contribution in [0.5, 0.6) is 11.5 Å². The minimum Gasteiger partial charge on any atom is -0.497 e. The molecule has 4 fully saturated rings. The highest BCUT2D eigenvalue weighted by atomic mass is 19.1. The number of fused-ring (bicyclic) bond motifs is 5. The highest BCUT2D eigenvalue weighted by Gasteiger charge is 2.53. The molecule has 78 heavy (non-hydrogen) atoms. The number of aromatic amines is 2. The predicted octanol–water partition coefficient (Wildman–Crippen LogP) is 7.75. The van der Waals surface area contributed by atoms with Crippen molar-refractivity contribution >= 4 is 34.9 Å². The van der Waals surface area contributed by atoms with Crippen molar-refractivity contribution in [2.45, 2.75) is 95.3 Å². The molecule has 0 saturated carbocycles. The Labute approximate surface area is 449 Å². The minimum atomic E-state index is -1.08. The maximum atomic E-state index is 17.2. The first kappa shape index (κ1) is 52.5. The van der Waals surface area contributed by atoms with Gasteiger partial charge in [-0.1, -0.05) is 45.9 Å². The molecule has 3 aromatic carbocycles. The molecule has 11 rings (SSSR count). The van der Waals surface area contributed by atoms with Gasteiger partial charge in [0, 0.05) is 34.9 Å². The van der Waals surface area contributed by atoms with Crippen LogP contribution in [-0.2, 0) is 38.0 Å². The topological polar surface area (TPSA) is 235 Å². The van der Waals surface area contributed by atoms with E-state index in [2.05, 4.69) is 20.6 Å². The predicted molar refractivity (Wildman–Crippen MR) is 279 cm³/mol. The Bertz CT molecular complexity index is 3250. The number of H-pyrrole nitrogens is 2. The third-order valence-corrected chi connectivity index (χ3v) is 15.4. The SMILES string of the molecule is COC(=O)N[C@H](C(=O)N1CC2(C[C@H]1c1ncc(-c3cc(F)c4c(c3)OC(c3cccc(OC)c3)n3c-4cc4cc(-c5cnc([C@@H]6CC7(CN6C(=O)[C@@H](NC(=O)OC)C(C)C)OCCCO7)[nH]5)ccc43)[nH]1)OCCCO2)C(C)C. The zero-order valence-corrected chi connectivity index (χ0v) is 44.6. The molecule has 1 unspecified atom stereocenters. The number of ether oxygens (including phenoxy) is 8. The van der Waals surface area contributed by atoms with Crippen molar-refractivity contribution in [3.8, 4) is 45.3 Å². The molecule has 5 aliphatic heterocycles. The number of carbonyl (C=O) groups excluding carboxylic acids is 4. The van der Waals surface area contributed by atoms with Crippen LogP contribution in [0.25, 0.3) is 44.7 Å². The van der Waals surface area contributed by atoms with Gasteiger partial charge < -0.3 is 72.9 Å². The number of nitrogens with one attached hydrogen (secondary N) is 4. The minimum absolute atomic E-state index is 0.107. The molecule has 412 valence electrons. The van der Waals surface area contributed by atoms with E-state index in [4.69, 9.17) is 47.9 Å². The second-order valence-corrected chi connectivity index (χ2v) is 21.1. The molecular weight excluding hydrogens is 1010 g/mol. The summed E-state index contributed by atoms with van der Waals surface area (Å²) in [5.41, 5.74) is 4.75. The molecule has 5 atom stereocenters. The zero-order chi connectivity index (χ0) is 54.6. The van der Waals surface area contributed by atoms with E-state index in [0.717, 1.165) is 28.5 Å². The van der Waals surface area contributed by atoms with Crippen LogP contribution in [-0.4, -0.2) is 143 Å². The number of hydrogen-bond acceptors (Lipinski definition) is 14. The van der Waals surface area contributed by atoms with Gasteiger partial charge in [0.15, 0.2) is 11.6 Å². The lowest BCUT2D eigenvalue weighted by Gasteiger charge is -2.34. The van der Waals surface area contributed by atoms with Crippen molar-refractivity contribution in [1.82, 2.24) is 44.9 Å². The van der Waals surface area contributed by atoms with Gasteiger partial charge in [0.05, 0.1) is 113 Å². The van der Waals surface area contributed by atoms with Gasteiger partial charge >= 0.3 is 12.2 Å². The van der Waals surface area contributed by atoms with Crippen LogP contribution in [0, 0.1) is 17.7 Å². The monoisotopic (exact) mass is 1070 g/mol. The van der Waals surface area contributed by atoms with E-state index >= 15 is 4.39 Å². The molecule has 6 aromatic rings. The first-order chi connectivity index (χ1) is 37.6. The van der Waals surface area contributed by atoms with Crippen LogP contribution in [0.1, 0.15) is 88.9 Å². The van der Waals surface area contributed by atoms with Crippen LogP contribution in [0.3, 0.4) is 0 Å². The van der Waals surface area contributed by atoms with E-state index in [1.165, 1.54) is 20.3 Å². The molecule has 22 heteroatoms. The molecule has 4 N–H and O–H groups in total. The van der Waals surface area contributed by atoms with E-state index in [1.54, 1.807) is 35.4 Å². The Morgan fingerprint density at radius 3 is 1.78 bits per heavy atom. The van der Waals surface area contributed by atoms with Crippen molar-refractivity contribution in [2.24, 2.45) is 11.8 Å². The van der Waals surface area contributed by atoms with Gasteiger partial charge in [0.1, 0.15) is 41.0 Å². The van der Waals surface area contributed by atoms with Gasteiger partial charge in [0.25, 0.3) is 0 Å². The zero-order valence-electron chi connectivity index (χ0n) is 44.6. The van der Waals surface area contributed by atoms with E-state index < -0.39 is 60.0 Å². The number of imidazole rings is 2. The van der Waals surface area contributed by atoms with Gasteiger partial charge in [-0.2, -0.15) is 0 Å². The molecule has 3 aromatic heterocycles. The van der Waals surface area contributed by atoms with Crippen LogP contribution in [0.2, 0.25) is 0 Å². The van der Waals surface area contributed by atoms with E-state index in [9.17, 15) is 19.2 Å². The second-order valence-electron chi connectivity index (χ2n) is 21.1. The first-order valence-electron chi connectivity index (χ1n) is 26.4. The van der Waals surface area contributed by atoms with Gasteiger partial charge in [-0.15, -0.1) is 0 Å². The van der Waals surface area contributed by atoms with E-state index in [0.29, 0.717) is 79.3 Å². The van der Waals surface area contributed by atoms with Crippen molar-refractivity contribution in [3.05, 3.63) is 96.1 Å². The van der Waals surface area contributed by atoms with Crippen LogP contribution >= 0.6 is 0 Å². The number of likely N-dealkylation sites (tertiary alicyclic amines) is 2. The summed E-state index contributed by atoms with van der Waals surface area (Å²) < 4.78 is 66.3. The first-order valence-corrected chi connectivity index (χ1v) is 26.4. The van der Waals surface area contributed by atoms with Gasteiger partial charge in [-0.3, -0.25) is 9.59 Å². The Balaban J connectivity index is 0.933. The quantitative estimate of drug-likeness (QED) is 0.0918. The van der Waals surface area contributed by atoms with Crippen molar-refractivity contribution in [1.29, 1.82) is 0 Å². The standard InChI is InChI=1S/C56H64FN9O12/c1-30(2)46(62-53(69)72-6)50(67)64-28-55(74-15-9-16-75-55)24-42(64)48-58-26-38(60-48)32-13-14-40-35(19-32)22-41-45-37(57)21-34(23-44(45)78-52(66(40)41)33-11-8-12-36(20-33)71-5)39-27-59-49(61-39)43-25-56(76-17-10-18-77-56)29-65(43)51(68)47(31(3)4)63-54(70)73-7/h8,11-14,19-23,26-27,30-31,42-43,46-47,52H,9-10,15-18,24-25,28-29H2,1-7H3,(H,58,60)(H,59,61)(H,62,69)(H,63,70)/t42-,43-,46-,47-,52?/m0/s1. The summed E-state index contributed by atoms with van der Waals surface area (Å²) in [4.78, 5) is 73.3. The number of rotatable bonds is 12. The number of methoxy groups -OCH3 is 3. The summed E-state index contributed by atoms with van der Waals surface area (Å²) in [6.45, 7) is 9.51. The number of amides is 4. The highest BCUT2D eigenvalue weighted by molar-refractivity contribution is 5.93. The fourth-order valence-corrected chi connectivity index (χ4v) is 11.5. The molecule has 0 aliphatic carbocycles. The number of halogens is 1. The third kappa shape index (κ3) is 9.68. The summed E-state index contributed by atoms with van der Waals surface area (Å²) in [5, 5.41) is 6.19. The Morgan fingerprint density at radius 1 is 0.705 bits per heavy atom. The number of hydrogen-bond donors (Lipinski definition) is 4. The van der Waals surface area contributed by atoms with Gasteiger partial charge in [-0.05, 0) is 67.1 Å². The number of nitrogens with zero attached hydrogens (tertiary/aromatic N) is 5. The molecule has 5 aliphatic rings. The lowest BCUT2D eigenvalue weighted by Crippen LogP contribution is -2.52. The molecule has 0 bridgehead atoms. The maximum Gasteiger partial charge on any atom is 0.407 e. The summed E-state index contributed by atoms with van der Waals surface area (Å²) in [5.74, 6) is -2.00. The van der Waals surface area contributed by atoms with Gasteiger partial charge in [-0.25, -0.2) is 23.9 Å². The molecule has 0 radical (unpaired) electrons. The average Bonchev–Trinajstić information content (AvgIpc) is 4.45. The van der Waals surface area contributed by atoms with Gasteiger partial charge in [0.2, 0.25) is 18.0 Å². The molecule has 21 nitrogen and oxygen atoms in total. The van der Waals surface area contributed by atoms with Crippen molar-refractivity contribution in [2.75, 3.05) is 60.8 Å². The number of benzene rings is 3. The molecule has 4 amide bonds. The summed E-state index contributed by atoms with van der Waals surface area (Å²) >= 11 is 0. The number of carbonyl (C=O) groups is 4. The Kier molecular flexibility index (Phi) is 14.2. The molecular formula is C56H64FN9O12. The largest absolute Gasteiger partial charge is 0.497 e. The Morgan fingerprint density at radius 2 is 1.26 bits per heavy atom.